The van der Waals surface area contributed by atoms with Gasteiger partial charge in [-0.25, -0.2) is 0 Å². The predicted molar refractivity (Wildman–Crippen MR) is 91.6 cm³/mol. The third-order valence-electron chi connectivity index (χ3n) is 4.48. The van der Waals surface area contributed by atoms with E-state index in [1.165, 1.54) is 29.5 Å². The second-order valence-corrected chi connectivity index (χ2v) is 6.38. The summed E-state index contributed by atoms with van der Waals surface area (Å²) in [5, 5.41) is 3.04. The summed E-state index contributed by atoms with van der Waals surface area (Å²) in [7, 11) is 0. The van der Waals surface area contributed by atoms with Gasteiger partial charge in [-0.2, -0.15) is 0 Å². The van der Waals surface area contributed by atoms with E-state index in [0.29, 0.717) is 5.92 Å². The molecule has 3 rings (SSSR count). The molecule has 0 aromatic heterocycles. The van der Waals surface area contributed by atoms with E-state index in [4.69, 9.17) is 0 Å². The molecule has 1 N–H and O–H groups in total. The van der Waals surface area contributed by atoms with Crippen molar-refractivity contribution >= 4 is 11.6 Å². The van der Waals surface area contributed by atoms with Gasteiger partial charge in [0.25, 0.3) is 5.91 Å². The Morgan fingerprint density at radius 2 is 1.73 bits per heavy atom. The van der Waals surface area contributed by atoms with Crippen LogP contribution in [0.4, 0.5) is 5.69 Å². The predicted octanol–water partition coefficient (Wildman–Crippen LogP) is 4.94. The molecule has 2 aromatic rings. The van der Waals surface area contributed by atoms with Crippen molar-refractivity contribution in [3.8, 4) is 0 Å². The summed E-state index contributed by atoms with van der Waals surface area (Å²) < 4.78 is 0. The Hall–Kier alpha value is -2.09. The molecule has 0 spiro atoms. The molecule has 0 radical (unpaired) electrons. The second kappa shape index (κ2) is 6.35. The van der Waals surface area contributed by atoms with Crippen LogP contribution in [-0.2, 0) is 12.8 Å². The van der Waals surface area contributed by atoms with E-state index >= 15 is 0 Å². The van der Waals surface area contributed by atoms with Crippen LogP contribution in [0.15, 0.2) is 42.5 Å². The van der Waals surface area contributed by atoms with Crippen LogP contribution in [0.2, 0.25) is 0 Å². The first-order valence-electron chi connectivity index (χ1n) is 8.17. The summed E-state index contributed by atoms with van der Waals surface area (Å²) in [6, 6.07) is 14.2. The van der Waals surface area contributed by atoms with Gasteiger partial charge in [0.1, 0.15) is 0 Å². The number of fused-ring (bicyclic) bond motifs is 1. The van der Waals surface area contributed by atoms with Gasteiger partial charge in [-0.1, -0.05) is 38.1 Å². The van der Waals surface area contributed by atoms with Crippen molar-refractivity contribution in [2.24, 2.45) is 0 Å². The summed E-state index contributed by atoms with van der Waals surface area (Å²) in [6.07, 6.45) is 4.53. The molecule has 0 unspecified atom stereocenters. The Morgan fingerprint density at radius 1 is 1.00 bits per heavy atom. The molecule has 0 fully saturated rings. The lowest BCUT2D eigenvalue weighted by atomic mass is 9.88. The summed E-state index contributed by atoms with van der Waals surface area (Å²) in [6.45, 7) is 4.34. The van der Waals surface area contributed by atoms with Gasteiger partial charge < -0.3 is 5.32 Å². The minimum absolute atomic E-state index is 0.0102. The number of benzene rings is 2. The van der Waals surface area contributed by atoms with Crippen LogP contribution in [-0.4, -0.2) is 5.91 Å². The summed E-state index contributed by atoms with van der Waals surface area (Å²) >= 11 is 0. The van der Waals surface area contributed by atoms with Crippen molar-refractivity contribution in [1.82, 2.24) is 0 Å². The highest BCUT2D eigenvalue weighted by Crippen LogP contribution is 2.25. The van der Waals surface area contributed by atoms with Crippen LogP contribution in [0.3, 0.4) is 0 Å². The minimum atomic E-state index is 0.0102. The Bertz CT molecular complexity index is 671. The van der Waals surface area contributed by atoms with Crippen LogP contribution in [0.5, 0.6) is 0 Å². The zero-order valence-electron chi connectivity index (χ0n) is 13.4. The van der Waals surface area contributed by atoms with Gasteiger partial charge >= 0.3 is 0 Å². The van der Waals surface area contributed by atoms with Gasteiger partial charge in [-0.05, 0) is 66.5 Å². The highest BCUT2D eigenvalue weighted by Gasteiger charge is 2.17. The summed E-state index contributed by atoms with van der Waals surface area (Å²) in [4.78, 5) is 12.6. The first kappa shape index (κ1) is 14.8. The largest absolute Gasteiger partial charge is 0.322 e. The maximum Gasteiger partial charge on any atom is 0.255 e. The number of hydrogen-bond donors (Lipinski definition) is 1. The van der Waals surface area contributed by atoms with E-state index in [0.717, 1.165) is 24.1 Å². The number of rotatable bonds is 3. The minimum Gasteiger partial charge on any atom is -0.322 e. The quantitative estimate of drug-likeness (QED) is 0.853. The molecule has 114 valence electrons. The molecular formula is C20H23NO. The molecule has 22 heavy (non-hydrogen) atoms. The molecule has 1 aliphatic rings. The van der Waals surface area contributed by atoms with Gasteiger partial charge in [0.15, 0.2) is 0 Å². The molecule has 0 heterocycles. The van der Waals surface area contributed by atoms with Crippen molar-refractivity contribution in [1.29, 1.82) is 0 Å². The third kappa shape index (κ3) is 3.06. The van der Waals surface area contributed by atoms with Crippen LogP contribution >= 0.6 is 0 Å². The van der Waals surface area contributed by atoms with E-state index in [-0.39, 0.29) is 5.91 Å². The highest BCUT2D eigenvalue weighted by atomic mass is 16.1. The number of carbonyl (C=O) groups is 1. The number of aryl methyl sites for hydroxylation is 1. The van der Waals surface area contributed by atoms with Crippen molar-refractivity contribution in [2.45, 2.75) is 45.4 Å². The number of amides is 1. The monoisotopic (exact) mass is 293 g/mol. The lowest BCUT2D eigenvalue weighted by Gasteiger charge is -2.19. The zero-order chi connectivity index (χ0) is 15.5. The third-order valence-corrected chi connectivity index (χ3v) is 4.48. The zero-order valence-corrected chi connectivity index (χ0v) is 13.4. The molecule has 2 nitrogen and oxygen atoms in total. The first-order valence-corrected chi connectivity index (χ1v) is 8.17. The molecule has 0 saturated heterocycles. The van der Waals surface area contributed by atoms with Crippen LogP contribution in [0.25, 0.3) is 0 Å². The lowest BCUT2D eigenvalue weighted by Crippen LogP contribution is -2.17. The molecular weight excluding hydrogens is 270 g/mol. The average molecular weight is 293 g/mol. The van der Waals surface area contributed by atoms with Crippen molar-refractivity contribution in [2.75, 3.05) is 5.32 Å². The fourth-order valence-electron chi connectivity index (χ4n) is 3.14. The van der Waals surface area contributed by atoms with Gasteiger partial charge in [0, 0.05) is 11.3 Å². The maximum atomic E-state index is 12.6. The number of anilines is 1. The molecule has 0 saturated carbocycles. The Morgan fingerprint density at radius 3 is 2.45 bits per heavy atom. The molecule has 0 bridgehead atoms. The van der Waals surface area contributed by atoms with Crippen LogP contribution in [0.1, 0.15) is 59.7 Å². The first-order chi connectivity index (χ1) is 10.6. The van der Waals surface area contributed by atoms with Gasteiger partial charge in [-0.3, -0.25) is 4.79 Å². The van der Waals surface area contributed by atoms with Crippen LogP contribution < -0.4 is 5.32 Å². The van der Waals surface area contributed by atoms with Gasteiger partial charge in [0.2, 0.25) is 0 Å². The standard InChI is InChI=1S/C20H23NO/c1-14(2)15-10-12-17(13-11-15)21-20(22)19-9-5-7-16-6-3-4-8-18(16)19/h5,7,9-14H,3-4,6,8H2,1-2H3,(H,21,22). The molecule has 1 amide bonds. The molecule has 2 aromatic carbocycles. The Labute approximate surface area is 132 Å². The topological polar surface area (TPSA) is 29.1 Å². The average Bonchev–Trinajstić information content (AvgIpc) is 2.54. The van der Waals surface area contributed by atoms with Gasteiger partial charge in [0.05, 0.1) is 0 Å². The Kier molecular flexibility index (Phi) is 4.28. The molecule has 2 heteroatoms. The van der Waals surface area contributed by atoms with Gasteiger partial charge in [-0.15, -0.1) is 0 Å². The normalized spacial score (nSPS) is 13.8. The maximum absolute atomic E-state index is 12.6. The number of carbonyl (C=O) groups excluding carboxylic acids is 1. The van der Waals surface area contributed by atoms with Crippen molar-refractivity contribution < 1.29 is 4.79 Å². The number of hydrogen-bond acceptors (Lipinski definition) is 1. The summed E-state index contributed by atoms with van der Waals surface area (Å²) in [5.74, 6) is 0.516. The smallest absolute Gasteiger partial charge is 0.255 e. The van der Waals surface area contributed by atoms with Crippen LogP contribution in [0, 0.1) is 0 Å². The van der Waals surface area contributed by atoms with E-state index < -0.39 is 0 Å². The SMILES string of the molecule is CC(C)c1ccc(NC(=O)c2cccc3c2CCCC3)cc1. The van der Waals surface area contributed by atoms with E-state index in [1.54, 1.807) is 0 Å². The van der Waals surface area contributed by atoms with Crippen molar-refractivity contribution in [3.05, 3.63) is 64.7 Å². The summed E-state index contributed by atoms with van der Waals surface area (Å²) in [5.41, 5.74) is 5.57. The lowest BCUT2D eigenvalue weighted by molar-refractivity contribution is 0.102. The van der Waals surface area contributed by atoms with E-state index in [1.807, 2.05) is 24.3 Å². The fraction of sp³-hybridized carbons (Fsp3) is 0.350. The molecule has 0 aliphatic heterocycles. The Balaban J connectivity index is 1.80. The van der Waals surface area contributed by atoms with Crippen molar-refractivity contribution in [3.63, 3.8) is 0 Å². The van der Waals surface area contributed by atoms with E-state index in [9.17, 15) is 4.79 Å². The second-order valence-electron chi connectivity index (χ2n) is 6.38. The number of nitrogens with one attached hydrogen (secondary N) is 1. The van der Waals surface area contributed by atoms with E-state index in [2.05, 4.69) is 37.4 Å². The highest BCUT2D eigenvalue weighted by molar-refractivity contribution is 6.05. The molecule has 1 aliphatic carbocycles. The molecule has 0 atom stereocenters. The fourth-order valence-corrected chi connectivity index (χ4v) is 3.14.